The van der Waals surface area contributed by atoms with Crippen LogP contribution in [0.3, 0.4) is 0 Å². The van der Waals surface area contributed by atoms with Crippen molar-refractivity contribution in [3.05, 3.63) is 59.7 Å². The SMILES string of the molecule is COc1ccc(C(Cl)=Nc2ccccc2C(=O)C(Cl)(Cl)Cl)cc1. The molecular weight excluding hydrogens is 380 g/mol. The smallest absolute Gasteiger partial charge is 0.253 e. The van der Waals surface area contributed by atoms with Gasteiger partial charge in [-0.15, -0.1) is 0 Å². The first-order valence-electron chi connectivity index (χ1n) is 6.42. The lowest BCUT2D eigenvalue weighted by molar-refractivity contribution is 0.0997. The van der Waals surface area contributed by atoms with Gasteiger partial charge in [-0.1, -0.05) is 58.5 Å². The summed E-state index contributed by atoms with van der Waals surface area (Å²) in [5.41, 5.74) is 1.17. The number of Topliss-reactive ketones (excluding diaryl/α,β-unsaturated/α-hetero) is 1. The van der Waals surface area contributed by atoms with Gasteiger partial charge in [0, 0.05) is 11.1 Å². The predicted molar refractivity (Wildman–Crippen MR) is 96.1 cm³/mol. The zero-order chi connectivity index (χ0) is 17.0. The molecule has 0 aromatic heterocycles. The molecule has 0 saturated heterocycles. The van der Waals surface area contributed by atoms with Crippen LogP contribution < -0.4 is 4.74 Å². The number of methoxy groups -OCH3 is 1. The highest BCUT2D eigenvalue weighted by atomic mass is 35.6. The topological polar surface area (TPSA) is 38.7 Å². The number of para-hydroxylation sites is 1. The molecule has 0 spiro atoms. The zero-order valence-electron chi connectivity index (χ0n) is 11.9. The third-order valence-corrected chi connectivity index (χ3v) is 3.77. The largest absolute Gasteiger partial charge is 0.497 e. The number of carbonyl (C=O) groups excluding carboxylic acids is 1. The summed E-state index contributed by atoms with van der Waals surface area (Å²) in [5, 5.41) is 0.206. The van der Waals surface area contributed by atoms with E-state index in [0.717, 1.165) is 0 Å². The van der Waals surface area contributed by atoms with Crippen LogP contribution >= 0.6 is 46.4 Å². The molecule has 0 unspecified atom stereocenters. The van der Waals surface area contributed by atoms with Crippen LogP contribution in [0.25, 0.3) is 0 Å². The minimum absolute atomic E-state index is 0.180. The average molecular weight is 391 g/mol. The van der Waals surface area contributed by atoms with E-state index in [1.54, 1.807) is 49.6 Å². The van der Waals surface area contributed by atoms with Crippen molar-refractivity contribution in [2.75, 3.05) is 7.11 Å². The summed E-state index contributed by atoms with van der Waals surface area (Å²) in [5.74, 6) is 0.0334. The van der Waals surface area contributed by atoms with E-state index in [0.29, 0.717) is 17.0 Å². The maximum absolute atomic E-state index is 12.2. The number of ether oxygens (including phenoxy) is 1. The highest BCUT2D eigenvalue weighted by Gasteiger charge is 2.33. The maximum Gasteiger partial charge on any atom is 0.253 e. The van der Waals surface area contributed by atoms with Gasteiger partial charge in [0.25, 0.3) is 3.79 Å². The van der Waals surface area contributed by atoms with Crippen LogP contribution in [-0.2, 0) is 0 Å². The third-order valence-electron chi connectivity index (χ3n) is 2.95. The van der Waals surface area contributed by atoms with Crippen molar-refractivity contribution in [1.29, 1.82) is 0 Å². The van der Waals surface area contributed by atoms with Crippen LogP contribution in [-0.4, -0.2) is 21.9 Å². The Bertz CT molecular complexity index is 736. The van der Waals surface area contributed by atoms with Crippen molar-refractivity contribution >= 4 is 63.0 Å². The maximum atomic E-state index is 12.2. The Morgan fingerprint density at radius 2 is 1.65 bits per heavy atom. The molecule has 23 heavy (non-hydrogen) atoms. The fraction of sp³-hybridized carbons (Fsp3) is 0.125. The van der Waals surface area contributed by atoms with Gasteiger partial charge in [-0.25, -0.2) is 4.99 Å². The van der Waals surface area contributed by atoms with E-state index in [1.165, 1.54) is 6.07 Å². The van der Waals surface area contributed by atoms with Crippen molar-refractivity contribution < 1.29 is 9.53 Å². The molecule has 0 aliphatic carbocycles. The first-order chi connectivity index (χ1) is 10.8. The van der Waals surface area contributed by atoms with Gasteiger partial charge in [0.15, 0.2) is 0 Å². The lowest BCUT2D eigenvalue weighted by Crippen LogP contribution is -2.19. The van der Waals surface area contributed by atoms with Crippen LogP contribution in [0.2, 0.25) is 0 Å². The Labute approximate surface area is 153 Å². The van der Waals surface area contributed by atoms with E-state index < -0.39 is 9.58 Å². The van der Waals surface area contributed by atoms with E-state index in [1.807, 2.05) is 0 Å². The van der Waals surface area contributed by atoms with Crippen LogP contribution in [0, 0.1) is 0 Å². The van der Waals surface area contributed by atoms with E-state index >= 15 is 0 Å². The Balaban J connectivity index is 2.40. The van der Waals surface area contributed by atoms with Gasteiger partial charge in [-0.2, -0.15) is 0 Å². The number of alkyl halides is 3. The molecule has 0 aliphatic heterocycles. The summed E-state index contributed by atoms with van der Waals surface area (Å²) in [6, 6.07) is 13.5. The second-order valence-corrected chi connectivity index (χ2v) is 7.11. The predicted octanol–water partition coefficient (Wildman–Crippen LogP) is 5.57. The molecule has 0 heterocycles. The molecule has 2 aromatic carbocycles. The minimum atomic E-state index is -2.06. The monoisotopic (exact) mass is 389 g/mol. The standard InChI is InChI=1S/C16H11Cl4NO2/c1-23-11-8-6-10(7-9-11)15(17)21-13-5-3-2-4-12(13)14(22)16(18,19)20/h2-9H,1H3. The summed E-state index contributed by atoms with van der Waals surface area (Å²) in [7, 11) is 1.57. The summed E-state index contributed by atoms with van der Waals surface area (Å²) < 4.78 is 3.03. The Kier molecular flexibility index (Phi) is 5.93. The van der Waals surface area contributed by atoms with E-state index in [2.05, 4.69) is 4.99 Å². The molecule has 0 aliphatic rings. The van der Waals surface area contributed by atoms with Crippen molar-refractivity contribution in [3.8, 4) is 5.75 Å². The second kappa shape index (κ2) is 7.54. The number of benzene rings is 2. The number of carbonyl (C=O) groups is 1. The minimum Gasteiger partial charge on any atom is -0.497 e. The normalized spacial score (nSPS) is 12.1. The molecule has 7 heteroatoms. The molecule has 0 radical (unpaired) electrons. The molecule has 120 valence electrons. The van der Waals surface area contributed by atoms with E-state index in [9.17, 15) is 4.79 Å². The van der Waals surface area contributed by atoms with Crippen LogP contribution in [0.5, 0.6) is 5.75 Å². The Morgan fingerprint density at radius 3 is 2.22 bits per heavy atom. The van der Waals surface area contributed by atoms with Gasteiger partial charge in [-0.05, 0) is 36.4 Å². The fourth-order valence-corrected chi connectivity index (χ4v) is 2.34. The van der Waals surface area contributed by atoms with Crippen LogP contribution in [0.4, 0.5) is 5.69 Å². The Morgan fingerprint density at radius 1 is 1.04 bits per heavy atom. The zero-order valence-corrected chi connectivity index (χ0v) is 14.9. The van der Waals surface area contributed by atoms with Crippen molar-refractivity contribution in [2.45, 2.75) is 3.79 Å². The molecule has 3 nitrogen and oxygen atoms in total. The molecule has 0 bridgehead atoms. The number of halogens is 4. The van der Waals surface area contributed by atoms with Crippen molar-refractivity contribution in [1.82, 2.24) is 0 Å². The lowest BCUT2D eigenvalue weighted by atomic mass is 10.1. The molecule has 0 N–H and O–H groups in total. The van der Waals surface area contributed by atoms with Gasteiger partial charge in [0.05, 0.1) is 12.8 Å². The first kappa shape index (κ1) is 18.1. The van der Waals surface area contributed by atoms with E-state index in [4.69, 9.17) is 51.1 Å². The third kappa shape index (κ3) is 4.61. The number of ketones is 1. The number of aliphatic imine (C=N–C) groups is 1. The number of rotatable bonds is 4. The Hall–Kier alpha value is -1.26. The molecule has 0 saturated carbocycles. The molecule has 2 rings (SSSR count). The summed E-state index contributed by atoms with van der Waals surface area (Å²) >= 11 is 23.2. The first-order valence-corrected chi connectivity index (χ1v) is 7.93. The van der Waals surface area contributed by atoms with E-state index in [-0.39, 0.29) is 10.7 Å². The van der Waals surface area contributed by atoms with Crippen LogP contribution in [0.1, 0.15) is 15.9 Å². The molecule has 2 aromatic rings. The lowest BCUT2D eigenvalue weighted by Gasteiger charge is -2.11. The van der Waals surface area contributed by atoms with Gasteiger partial charge in [0.2, 0.25) is 5.78 Å². The summed E-state index contributed by atoms with van der Waals surface area (Å²) in [6.45, 7) is 0. The fourth-order valence-electron chi connectivity index (χ4n) is 1.81. The average Bonchev–Trinajstić information content (AvgIpc) is 2.54. The summed E-state index contributed by atoms with van der Waals surface area (Å²) in [6.07, 6.45) is 0. The summed E-state index contributed by atoms with van der Waals surface area (Å²) in [4.78, 5) is 16.4. The molecular formula is C16H11Cl4NO2. The van der Waals surface area contributed by atoms with Gasteiger partial charge >= 0.3 is 0 Å². The number of hydrogen-bond acceptors (Lipinski definition) is 3. The molecule has 0 fully saturated rings. The van der Waals surface area contributed by atoms with Crippen LogP contribution in [0.15, 0.2) is 53.5 Å². The van der Waals surface area contributed by atoms with Crippen molar-refractivity contribution in [3.63, 3.8) is 0 Å². The quantitative estimate of drug-likeness (QED) is 0.389. The molecule has 0 amide bonds. The van der Waals surface area contributed by atoms with Gasteiger partial charge in [0.1, 0.15) is 10.9 Å². The second-order valence-electron chi connectivity index (χ2n) is 4.48. The van der Waals surface area contributed by atoms with Gasteiger partial charge in [-0.3, -0.25) is 4.79 Å². The highest BCUT2D eigenvalue weighted by Crippen LogP contribution is 2.34. The highest BCUT2D eigenvalue weighted by molar-refractivity contribution is 6.77. The number of nitrogens with zero attached hydrogens (tertiary/aromatic N) is 1. The number of hydrogen-bond donors (Lipinski definition) is 0. The van der Waals surface area contributed by atoms with Gasteiger partial charge < -0.3 is 4.74 Å². The molecule has 0 atom stereocenters. The van der Waals surface area contributed by atoms with Crippen molar-refractivity contribution in [2.24, 2.45) is 4.99 Å².